The second-order valence-corrected chi connectivity index (χ2v) is 15.1. The van der Waals surface area contributed by atoms with Gasteiger partial charge < -0.3 is 15.5 Å². The lowest BCUT2D eigenvalue weighted by Crippen LogP contribution is -2.37. The average Bonchev–Trinajstić information content (AvgIpc) is 3.79. The topological polar surface area (TPSA) is 148 Å². The number of halogens is 2. The molecular weight excluding hydrogens is 665 g/mol. The normalized spacial score (nSPS) is 18.6. The maximum absolute atomic E-state index is 12.7. The minimum Gasteiger partial charge on any atom is -0.346 e. The van der Waals surface area contributed by atoms with Crippen LogP contribution in [-0.2, 0) is 10.0 Å². The van der Waals surface area contributed by atoms with Crippen LogP contribution in [0.5, 0.6) is 0 Å². The molecule has 0 aliphatic carbocycles. The number of thiazole rings is 2. The van der Waals surface area contributed by atoms with Crippen molar-refractivity contribution in [3.05, 3.63) is 80.8 Å². The van der Waals surface area contributed by atoms with Crippen molar-refractivity contribution in [3.8, 4) is 0 Å². The molecule has 7 rings (SSSR count). The molecule has 2 atom stereocenters. The Kier molecular flexibility index (Phi) is 8.93. The first-order valence-corrected chi connectivity index (χ1v) is 17.6. The molecule has 0 saturated carbocycles. The monoisotopic (exact) mass is 691 g/mol. The minimum atomic E-state index is -4.01. The summed E-state index contributed by atoms with van der Waals surface area (Å²) in [5.74, 6) is 0. The zero-order chi connectivity index (χ0) is 31.0. The van der Waals surface area contributed by atoms with E-state index in [0.29, 0.717) is 24.5 Å². The zero-order valence-corrected chi connectivity index (χ0v) is 27.1. The van der Waals surface area contributed by atoms with Crippen LogP contribution in [0.1, 0.15) is 12.8 Å². The van der Waals surface area contributed by atoms with Gasteiger partial charge in [-0.15, -0.1) is 0 Å². The average molecular weight is 693 g/mol. The Balaban J connectivity index is 0.000000181. The highest BCUT2D eigenvalue weighted by Crippen LogP contribution is 2.34. The molecule has 5 aromatic rings. The van der Waals surface area contributed by atoms with Crippen LogP contribution in [0.2, 0.25) is 10.0 Å². The van der Waals surface area contributed by atoms with Crippen molar-refractivity contribution in [2.75, 3.05) is 36.0 Å². The van der Waals surface area contributed by atoms with Crippen molar-refractivity contribution in [2.45, 2.75) is 29.8 Å². The second kappa shape index (κ2) is 12.7. The Labute approximate surface area is 271 Å². The maximum Gasteiger partial charge on any atom is 0.289 e. The Morgan fingerprint density at radius 3 is 2.02 bits per heavy atom. The highest BCUT2D eigenvalue weighted by molar-refractivity contribution is 7.89. The number of hydrogen-bond acceptors (Lipinski definition) is 11. The van der Waals surface area contributed by atoms with Crippen molar-refractivity contribution in [1.82, 2.24) is 14.7 Å². The Morgan fingerprint density at radius 2 is 1.45 bits per heavy atom. The summed E-state index contributed by atoms with van der Waals surface area (Å²) in [5, 5.41) is 14.4. The first-order valence-electron chi connectivity index (χ1n) is 13.7. The first-order chi connectivity index (χ1) is 21.1. The number of anilines is 2. The molecule has 2 aromatic heterocycles. The first kappa shape index (κ1) is 30.9. The number of nitrogens with zero attached hydrogens (tertiary/aromatic N) is 5. The minimum absolute atomic E-state index is 0.288. The van der Waals surface area contributed by atoms with E-state index in [1.165, 1.54) is 35.6 Å². The van der Waals surface area contributed by atoms with Gasteiger partial charge in [-0.1, -0.05) is 58.0 Å². The van der Waals surface area contributed by atoms with Crippen molar-refractivity contribution in [3.63, 3.8) is 0 Å². The third-order valence-corrected chi connectivity index (χ3v) is 11.5. The van der Waals surface area contributed by atoms with Crippen LogP contribution in [0.25, 0.3) is 20.4 Å². The van der Waals surface area contributed by atoms with Crippen LogP contribution in [0, 0.1) is 10.1 Å². The molecule has 0 bridgehead atoms. The van der Waals surface area contributed by atoms with Crippen LogP contribution in [-0.4, -0.2) is 61.6 Å². The third kappa shape index (κ3) is 6.76. The summed E-state index contributed by atoms with van der Waals surface area (Å²) < 4.78 is 30.0. The number of nitrogens with one attached hydrogen (secondary N) is 1. The number of nitrogens with two attached hydrogens (primary N) is 1. The molecule has 2 saturated heterocycles. The van der Waals surface area contributed by atoms with Crippen molar-refractivity contribution < 1.29 is 13.3 Å². The summed E-state index contributed by atoms with van der Waals surface area (Å²) in [7, 11) is -4.01. The smallest absolute Gasteiger partial charge is 0.289 e. The third-order valence-electron chi connectivity index (χ3n) is 7.31. The molecule has 3 N–H and O–H groups in total. The van der Waals surface area contributed by atoms with E-state index in [1.54, 1.807) is 17.4 Å². The number of para-hydroxylation sites is 1. The number of fused-ring (bicyclic) bond motifs is 2. The molecule has 3 aromatic carbocycles. The fraction of sp³-hybridized carbons (Fsp3) is 0.286. The largest absolute Gasteiger partial charge is 0.346 e. The molecule has 2 unspecified atom stereocenters. The molecule has 2 aliphatic heterocycles. The lowest BCUT2D eigenvalue weighted by Gasteiger charge is -2.16. The highest BCUT2D eigenvalue weighted by atomic mass is 35.5. The Bertz CT molecular complexity index is 1950. The number of sulfonamides is 1. The van der Waals surface area contributed by atoms with Gasteiger partial charge in [-0.05, 0) is 55.3 Å². The fourth-order valence-corrected chi connectivity index (χ4v) is 9.14. The summed E-state index contributed by atoms with van der Waals surface area (Å²) in [5.41, 5.74) is 7.32. The van der Waals surface area contributed by atoms with Gasteiger partial charge in [-0.3, -0.25) is 10.1 Å². The van der Waals surface area contributed by atoms with E-state index in [-0.39, 0.29) is 17.0 Å². The van der Waals surface area contributed by atoms with Crippen molar-refractivity contribution in [1.29, 1.82) is 0 Å². The second-order valence-electron chi connectivity index (χ2n) is 10.5. The number of rotatable bonds is 6. The van der Waals surface area contributed by atoms with Gasteiger partial charge in [0.15, 0.2) is 15.2 Å². The summed E-state index contributed by atoms with van der Waals surface area (Å²) in [6.45, 7) is 2.99. The molecule has 0 spiro atoms. The number of benzene rings is 3. The van der Waals surface area contributed by atoms with E-state index < -0.39 is 20.6 Å². The van der Waals surface area contributed by atoms with E-state index in [1.807, 2.05) is 35.2 Å². The molecule has 11 nitrogen and oxygen atoms in total. The molecule has 4 heterocycles. The summed E-state index contributed by atoms with van der Waals surface area (Å²) >= 11 is 15.2. The van der Waals surface area contributed by atoms with Gasteiger partial charge in [0.1, 0.15) is 0 Å². The zero-order valence-electron chi connectivity index (χ0n) is 23.1. The highest BCUT2D eigenvalue weighted by Gasteiger charge is 2.32. The van der Waals surface area contributed by atoms with Crippen LogP contribution < -0.4 is 20.3 Å². The van der Waals surface area contributed by atoms with Crippen molar-refractivity contribution in [2.24, 2.45) is 5.73 Å². The summed E-state index contributed by atoms with van der Waals surface area (Å²) in [4.78, 5) is 23.6. The molecule has 0 amide bonds. The standard InChI is InChI=1S/C17H15ClN4O4S2.C11H12ClN3S/c18-11-5-6-13-15(9-11)27-17(19-13)21-8-7-12(10-21)20-28(25,26)16-4-2-1-3-14(16)22(23)24;12-7-1-2-9-10(5-7)16-11(14-9)15-4-3-8(13)6-15/h1-6,9,12,20H,7-8,10H2;1-2,5,8H,3-4,6,13H2. The van der Waals surface area contributed by atoms with E-state index in [0.717, 1.165) is 55.2 Å². The van der Waals surface area contributed by atoms with E-state index in [2.05, 4.69) is 19.6 Å². The van der Waals surface area contributed by atoms with E-state index in [4.69, 9.17) is 28.9 Å². The van der Waals surface area contributed by atoms with E-state index >= 15 is 0 Å². The number of aromatic nitrogens is 2. The maximum atomic E-state index is 12.7. The number of nitro groups is 1. The lowest BCUT2D eigenvalue weighted by atomic mass is 10.3. The molecule has 16 heteroatoms. The van der Waals surface area contributed by atoms with Crippen LogP contribution >= 0.6 is 45.9 Å². The van der Waals surface area contributed by atoms with Gasteiger partial charge in [0, 0.05) is 54.4 Å². The fourth-order valence-electron chi connectivity index (χ4n) is 5.15. The van der Waals surface area contributed by atoms with Crippen LogP contribution in [0.3, 0.4) is 0 Å². The predicted octanol–water partition coefficient (Wildman–Crippen LogP) is 5.90. The summed E-state index contributed by atoms with van der Waals surface area (Å²) in [6.07, 6.45) is 1.63. The van der Waals surface area contributed by atoms with Crippen LogP contribution in [0.4, 0.5) is 16.0 Å². The molecular formula is C28H27Cl2N7O4S3. The van der Waals surface area contributed by atoms with Crippen molar-refractivity contribution >= 4 is 92.3 Å². The van der Waals surface area contributed by atoms with Gasteiger partial charge in [0.2, 0.25) is 10.0 Å². The Hall–Kier alpha value is -3.11. The molecule has 44 heavy (non-hydrogen) atoms. The van der Waals surface area contributed by atoms with Gasteiger partial charge >= 0.3 is 0 Å². The van der Waals surface area contributed by atoms with Gasteiger partial charge in [0.05, 0.1) is 25.4 Å². The molecule has 230 valence electrons. The lowest BCUT2D eigenvalue weighted by molar-refractivity contribution is -0.387. The SMILES string of the molecule is NC1CCN(c2nc3ccc(Cl)cc3s2)C1.O=[N+]([O-])c1ccccc1S(=O)(=O)NC1CCN(c2nc3ccc(Cl)cc3s2)C1. The molecule has 0 radical (unpaired) electrons. The number of hydrogen-bond donors (Lipinski definition) is 2. The molecule has 2 fully saturated rings. The van der Waals surface area contributed by atoms with E-state index in [9.17, 15) is 18.5 Å². The van der Waals surface area contributed by atoms with Gasteiger partial charge in [-0.2, -0.15) is 0 Å². The molecule has 2 aliphatic rings. The van der Waals surface area contributed by atoms with Crippen LogP contribution in [0.15, 0.2) is 65.6 Å². The summed E-state index contributed by atoms with van der Waals surface area (Å²) in [6, 6.07) is 16.5. The van der Waals surface area contributed by atoms with Gasteiger partial charge in [0.25, 0.3) is 5.69 Å². The quantitative estimate of drug-likeness (QED) is 0.164. The van der Waals surface area contributed by atoms with Gasteiger partial charge in [-0.25, -0.2) is 23.1 Å². The Morgan fingerprint density at radius 1 is 0.886 bits per heavy atom. The predicted molar refractivity (Wildman–Crippen MR) is 178 cm³/mol. The number of nitro benzene ring substituents is 1.